The minimum atomic E-state index is -0.568. The molecule has 3 heteroatoms. The highest BCUT2D eigenvalue weighted by Gasteiger charge is 2.39. The average Bonchev–Trinajstić information content (AvgIpc) is 3.24. The quantitative estimate of drug-likeness (QED) is 0.406. The molecule has 0 unspecified atom stereocenters. The molecule has 0 aliphatic heterocycles. The Morgan fingerprint density at radius 1 is 0.714 bits per heavy atom. The number of aryl methyl sites for hydroxylation is 1. The number of benzene rings is 3. The largest absolute Gasteiger partial charge is 0.233 e. The van der Waals surface area contributed by atoms with Gasteiger partial charge in [-0.3, -0.25) is 0 Å². The lowest BCUT2D eigenvalue weighted by Crippen LogP contribution is -2.38. The van der Waals surface area contributed by atoms with Gasteiger partial charge in [-0.25, -0.2) is 4.68 Å². The first-order chi connectivity index (χ1) is 13.9. The monoisotopic (exact) mass is 367 g/mol. The molecule has 0 fully saturated rings. The highest BCUT2D eigenvalue weighted by atomic mass is 15.4. The maximum Gasteiger partial charge on any atom is 0.139 e. The summed E-state index contributed by atoms with van der Waals surface area (Å²) in [5.41, 5.74) is 3.97. The summed E-state index contributed by atoms with van der Waals surface area (Å²) in [6.07, 6.45) is 5.33. The van der Waals surface area contributed by atoms with Crippen LogP contribution in [0.15, 0.2) is 97.2 Å². The Bertz CT molecular complexity index is 895. The first-order valence-corrected chi connectivity index (χ1v) is 9.94. The number of rotatable bonds is 7. The summed E-state index contributed by atoms with van der Waals surface area (Å²) in [4.78, 5) is 0. The van der Waals surface area contributed by atoms with Gasteiger partial charge in [-0.05, 0) is 29.5 Å². The molecular formula is C25H25N3. The zero-order chi connectivity index (χ0) is 19.2. The van der Waals surface area contributed by atoms with Crippen molar-refractivity contribution in [3.8, 4) is 0 Å². The average molecular weight is 367 g/mol. The third-order valence-electron chi connectivity index (χ3n) is 5.25. The molecule has 28 heavy (non-hydrogen) atoms. The maximum atomic E-state index is 4.64. The van der Waals surface area contributed by atoms with Crippen molar-refractivity contribution in [1.29, 1.82) is 0 Å². The van der Waals surface area contributed by atoms with Crippen molar-refractivity contribution in [1.82, 2.24) is 15.0 Å². The highest BCUT2D eigenvalue weighted by Crippen LogP contribution is 2.40. The lowest BCUT2D eigenvalue weighted by molar-refractivity contribution is 0.446. The van der Waals surface area contributed by atoms with Gasteiger partial charge < -0.3 is 0 Å². The molecular weight excluding hydrogens is 342 g/mol. The predicted octanol–water partition coefficient (Wildman–Crippen LogP) is 5.46. The second-order valence-electron chi connectivity index (χ2n) is 7.07. The van der Waals surface area contributed by atoms with Gasteiger partial charge in [-0.1, -0.05) is 110 Å². The van der Waals surface area contributed by atoms with Crippen LogP contribution in [0, 0.1) is 0 Å². The molecule has 0 atom stereocenters. The van der Waals surface area contributed by atoms with Crippen molar-refractivity contribution in [3.63, 3.8) is 0 Å². The number of hydrogen-bond acceptors (Lipinski definition) is 2. The molecule has 0 saturated heterocycles. The number of hydrogen-bond donors (Lipinski definition) is 0. The first-order valence-electron chi connectivity index (χ1n) is 9.94. The van der Waals surface area contributed by atoms with E-state index >= 15 is 0 Å². The Morgan fingerprint density at radius 2 is 1.18 bits per heavy atom. The molecule has 1 heterocycles. The van der Waals surface area contributed by atoms with Crippen LogP contribution in [-0.2, 0) is 12.0 Å². The van der Waals surface area contributed by atoms with Crippen molar-refractivity contribution in [2.24, 2.45) is 0 Å². The van der Waals surface area contributed by atoms with Gasteiger partial charge in [0.05, 0.1) is 11.9 Å². The molecule has 3 nitrogen and oxygen atoms in total. The Labute approximate surface area is 166 Å². The second kappa shape index (κ2) is 8.22. The summed E-state index contributed by atoms with van der Waals surface area (Å²) in [6.45, 7) is 2.20. The fraction of sp³-hybridized carbons (Fsp3) is 0.200. The van der Waals surface area contributed by atoms with Crippen molar-refractivity contribution in [2.75, 3.05) is 0 Å². The minimum Gasteiger partial charge on any atom is -0.233 e. The number of aromatic nitrogens is 3. The van der Waals surface area contributed by atoms with Gasteiger partial charge in [0, 0.05) is 0 Å². The number of nitrogens with zero attached hydrogens (tertiary/aromatic N) is 3. The summed E-state index contributed by atoms with van der Waals surface area (Å²) in [5.74, 6) is 0. The molecule has 0 aliphatic carbocycles. The molecule has 0 bridgehead atoms. The Hall–Kier alpha value is -3.20. The van der Waals surface area contributed by atoms with Crippen molar-refractivity contribution >= 4 is 0 Å². The van der Waals surface area contributed by atoms with Gasteiger partial charge in [-0.2, -0.15) is 0 Å². The Balaban J connectivity index is 2.00. The molecule has 0 N–H and O–H groups in total. The molecule has 0 amide bonds. The van der Waals surface area contributed by atoms with Crippen LogP contribution in [0.4, 0.5) is 0 Å². The van der Waals surface area contributed by atoms with Crippen LogP contribution in [0.2, 0.25) is 0 Å². The number of unbranched alkanes of at least 4 members (excludes halogenated alkanes) is 1. The fourth-order valence-electron chi connectivity index (χ4n) is 3.87. The van der Waals surface area contributed by atoms with Crippen molar-refractivity contribution in [3.05, 3.63) is 120 Å². The molecule has 0 saturated carbocycles. The van der Waals surface area contributed by atoms with E-state index in [1.54, 1.807) is 0 Å². The zero-order valence-electron chi connectivity index (χ0n) is 16.2. The van der Waals surface area contributed by atoms with E-state index in [0.717, 1.165) is 25.0 Å². The molecule has 0 spiro atoms. The van der Waals surface area contributed by atoms with Crippen molar-refractivity contribution in [2.45, 2.75) is 31.7 Å². The highest BCUT2D eigenvalue weighted by molar-refractivity contribution is 5.50. The third kappa shape index (κ3) is 3.24. The zero-order valence-corrected chi connectivity index (χ0v) is 16.2. The predicted molar refractivity (Wildman–Crippen MR) is 113 cm³/mol. The van der Waals surface area contributed by atoms with Crippen LogP contribution < -0.4 is 0 Å². The minimum absolute atomic E-state index is 0.568. The van der Waals surface area contributed by atoms with E-state index < -0.39 is 5.54 Å². The molecule has 0 aliphatic rings. The van der Waals surface area contributed by atoms with Crippen LogP contribution in [0.1, 0.15) is 42.1 Å². The Morgan fingerprint density at radius 3 is 1.61 bits per heavy atom. The molecule has 4 aromatic rings. The van der Waals surface area contributed by atoms with Crippen LogP contribution in [-0.4, -0.2) is 15.0 Å². The Kier molecular flexibility index (Phi) is 5.34. The van der Waals surface area contributed by atoms with Gasteiger partial charge in [0.15, 0.2) is 0 Å². The summed E-state index contributed by atoms with van der Waals surface area (Å²) in [7, 11) is 0. The SMILES string of the molecule is CCCCc1cn(C(c2ccccc2)(c2ccccc2)c2ccccc2)nn1. The van der Waals surface area contributed by atoms with Gasteiger partial charge in [0.25, 0.3) is 0 Å². The summed E-state index contributed by atoms with van der Waals surface area (Å²) >= 11 is 0. The normalized spacial score (nSPS) is 11.5. The van der Waals surface area contributed by atoms with E-state index in [0.29, 0.717) is 0 Å². The summed E-state index contributed by atoms with van der Waals surface area (Å²) in [5, 5.41) is 9.15. The van der Waals surface area contributed by atoms with Crippen molar-refractivity contribution < 1.29 is 0 Å². The molecule has 4 rings (SSSR count). The van der Waals surface area contributed by atoms with Crippen LogP contribution >= 0.6 is 0 Å². The molecule has 3 aromatic carbocycles. The van der Waals surface area contributed by atoms with Gasteiger partial charge >= 0.3 is 0 Å². The summed E-state index contributed by atoms with van der Waals surface area (Å²) < 4.78 is 2.04. The van der Waals surface area contributed by atoms with E-state index in [1.807, 2.05) is 4.68 Å². The van der Waals surface area contributed by atoms with E-state index in [-0.39, 0.29) is 0 Å². The van der Waals surface area contributed by atoms with E-state index in [9.17, 15) is 0 Å². The van der Waals surface area contributed by atoms with E-state index in [1.165, 1.54) is 16.7 Å². The maximum absolute atomic E-state index is 4.64. The smallest absolute Gasteiger partial charge is 0.139 e. The third-order valence-corrected chi connectivity index (χ3v) is 5.25. The van der Waals surface area contributed by atoms with E-state index in [2.05, 4.69) is 114 Å². The lowest BCUT2D eigenvalue weighted by atomic mass is 9.77. The molecule has 0 radical (unpaired) electrons. The first kappa shape index (κ1) is 18.2. The van der Waals surface area contributed by atoms with Crippen LogP contribution in [0.25, 0.3) is 0 Å². The summed E-state index contributed by atoms with van der Waals surface area (Å²) in [6, 6.07) is 31.7. The van der Waals surface area contributed by atoms with Crippen LogP contribution in [0.5, 0.6) is 0 Å². The van der Waals surface area contributed by atoms with Crippen LogP contribution in [0.3, 0.4) is 0 Å². The lowest BCUT2D eigenvalue weighted by Gasteiger charge is -2.35. The second-order valence-corrected chi connectivity index (χ2v) is 7.07. The fourth-order valence-corrected chi connectivity index (χ4v) is 3.87. The standard InChI is InChI=1S/C25H25N3/c1-2-3-19-24-20-28(27-26-24)25(21-13-7-4-8-14-21,22-15-9-5-10-16-22)23-17-11-6-12-18-23/h4-18,20H,2-3,19H2,1H3. The molecule has 1 aromatic heterocycles. The van der Waals surface area contributed by atoms with Gasteiger partial charge in [-0.15, -0.1) is 5.10 Å². The van der Waals surface area contributed by atoms with Gasteiger partial charge in [0.1, 0.15) is 5.54 Å². The van der Waals surface area contributed by atoms with Gasteiger partial charge in [0.2, 0.25) is 0 Å². The topological polar surface area (TPSA) is 30.7 Å². The van der Waals surface area contributed by atoms with E-state index in [4.69, 9.17) is 0 Å². The molecule has 140 valence electrons.